The molecule has 3 aromatic rings. The van der Waals surface area contributed by atoms with Crippen molar-refractivity contribution in [3.63, 3.8) is 0 Å². The first-order valence-corrected chi connectivity index (χ1v) is 9.36. The van der Waals surface area contributed by atoms with Gasteiger partial charge in [0.25, 0.3) is 0 Å². The van der Waals surface area contributed by atoms with Gasteiger partial charge in [-0.2, -0.15) is 0 Å². The molecule has 1 aliphatic rings. The molecule has 0 saturated heterocycles. The van der Waals surface area contributed by atoms with Crippen molar-refractivity contribution in [2.24, 2.45) is 4.99 Å². The van der Waals surface area contributed by atoms with Crippen LogP contribution in [0.5, 0.6) is 5.75 Å². The first kappa shape index (κ1) is 20.8. The van der Waals surface area contributed by atoms with Crippen molar-refractivity contribution in [1.29, 1.82) is 0 Å². The molecular weight excluding hydrogens is 417 g/mol. The smallest absolute Gasteiger partial charge is 0.472 e. The van der Waals surface area contributed by atoms with Crippen LogP contribution >= 0.6 is 0 Å². The zero-order chi connectivity index (χ0) is 22.2. The van der Waals surface area contributed by atoms with Crippen molar-refractivity contribution in [2.75, 3.05) is 0 Å². The molecule has 1 aliphatic heterocycles. The van der Waals surface area contributed by atoms with Gasteiger partial charge in [-0.15, -0.1) is 13.2 Å². The SMILES string of the molecule is C[C@@H]1OC(c2c(F)cccc2F)=N[C@H]1c1ccc(-c2ccc(OC(F)(F)F)cc2)cc1. The molecule has 4 rings (SSSR count). The first-order chi connectivity index (χ1) is 14.7. The number of benzene rings is 3. The number of halogens is 5. The Kier molecular flexibility index (Phi) is 5.39. The van der Waals surface area contributed by atoms with E-state index >= 15 is 0 Å². The molecule has 2 atom stereocenters. The van der Waals surface area contributed by atoms with Crippen LogP contribution in [0.1, 0.15) is 24.1 Å². The lowest BCUT2D eigenvalue weighted by Crippen LogP contribution is -2.16. The normalized spacial score (nSPS) is 18.5. The van der Waals surface area contributed by atoms with E-state index in [1.165, 1.54) is 30.3 Å². The van der Waals surface area contributed by atoms with Gasteiger partial charge in [0.05, 0.1) is 0 Å². The predicted molar refractivity (Wildman–Crippen MR) is 105 cm³/mol. The van der Waals surface area contributed by atoms with E-state index in [0.29, 0.717) is 5.56 Å². The monoisotopic (exact) mass is 433 g/mol. The second kappa shape index (κ2) is 8.02. The van der Waals surface area contributed by atoms with Gasteiger partial charge < -0.3 is 9.47 Å². The maximum absolute atomic E-state index is 14.0. The van der Waals surface area contributed by atoms with E-state index < -0.39 is 30.1 Å². The largest absolute Gasteiger partial charge is 0.573 e. The van der Waals surface area contributed by atoms with Crippen molar-refractivity contribution < 1.29 is 31.4 Å². The molecule has 0 bridgehead atoms. The van der Waals surface area contributed by atoms with Crippen molar-refractivity contribution in [3.05, 3.63) is 89.5 Å². The third-order valence-electron chi connectivity index (χ3n) is 4.85. The number of aliphatic imine (C=N–C) groups is 1. The van der Waals surface area contributed by atoms with Crippen LogP contribution in [0.2, 0.25) is 0 Å². The van der Waals surface area contributed by atoms with Gasteiger partial charge in [-0.1, -0.05) is 42.5 Å². The van der Waals surface area contributed by atoms with E-state index in [2.05, 4.69) is 9.73 Å². The second-order valence-corrected chi connectivity index (χ2v) is 6.99. The lowest BCUT2D eigenvalue weighted by atomic mass is 9.99. The third kappa shape index (κ3) is 4.52. The van der Waals surface area contributed by atoms with Gasteiger partial charge >= 0.3 is 6.36 Å². The fourth-order valence-corrected chi connectivity index (χ4v) is 3.40. The molecule has 3 aromatic carbocycles. The Morgan fingerprint density at radius 1 is 0.839 bits per heavy atom. The highest BCUT2D eigenvalue weighted by Gasteiger charge is 2.32. The molecule has 31 heavy (non-hydrogen) atoms. The number of hydrogen-bond acceptors (Lipinski definition) is 3. The minimum atomic E-state index is -4.74. The molecule has 0 radical (unpaired) electrons. The third-order valence-corrected chi connectivity index (χ3v) is 4.85. The van der Waals surface area contributed by atoms with Gasteiger partial charge in [-0.3, -0.25) is 0 Å². The quantitative estimate of drug-likeness (QED) is 0.444. The van der Waals surface area contributed by atoms with Crippen LogP contribution in [-0.4, -0.2) is 18.4 Å². The van der Waals surface area contributed by atoms with Gasteiger partial charge in [-0.25, -0.2) is 13.8 Å². The van der Waals surface area contributed by atoms with Crippen LogP contribution in [0.3, 0.4) is 0 Å². The van der Waals surface area contributed by atoms with Gasteiger partial charge in [0.1, 0.15) is 35.1 Å². The lowest BCUT2D eigenvalue weighted by Gasteiger charge is -2.14. The summed E-state index contributed by atoms with van der Waals surface area (Å²) in [6.45, 7) is 1.76. The van der Waals surface area contributed by atoms with Crippen molar-refractivity contribution in [2.45, 2.75) is 25.4 Å². The van der Waals surface area contributed by atoms with Gasteiger partial charge in [-0.05, 0) is 47.9 Å². The van der Waals surface area contributed by atoms with Gasteiger partial charge in [0.15, 0.2) is 0 Å². The lowest BCUT2D eigenvalue weighted by molar-refractivity contribution is -0.274. The standard InChI is InChI=1S/C23H16F5NO2/c1-13-21(29-22(30-13)20-18(24)3-2-4-19(20)25)16-7-5-14(6-8-16)15-9-11-17(12-10-15)31-23(26,27)28/h2-13,21H,1H3/t13-,21+/m0/s1. The molecule has 1 heterocycles. The highest BCUT2D eigenvalue weighted by molar-refractivity contribution is 5.96. The average molecular weight is 433 g/mol. The Bertz CT molecular complexity index is 1090. The number of hydrogen-bond donors (Lipinski definition) is 0. The van der Waals surface area contributed by atoms with Crippen LogP contribution in [0.4, 0.5) is 22.0 Å². The summed E-state index contributed by atoms with van der Waals surface area (Å²) < 4.78 is 74.4. The molecule has 8 heteroatoms. The second-order valence-electron chi connectivity index (χ2n) is 6.99. The fraction of sp³-hybridized carbons (Fsp3) is 0.174. The molecular formula is C23H16F5NO2. The minimum Gasteiger partial charge on any atom is -0.472 e. The first-order valence-electron chi connectivity index (χ1n) is 9.36. The molecule has 0 amide bonds. The minimum absolute atomic E-state index is 0.0857. The summed E-state index contributed by atoms with van der Waals surface area (Å²) in [7, 11) is 0. The molecule has 0 aliphatic carbocycles. The van der Waals surface area contributed by atoms with Crippen LogP contribution < -0.4 is 4.74 Å². The Hall–Kier alpha value is -3.42. The summed E-state index contributed by atoms with van der Waals surface area (Å²) >= 11 is 0. The summed E-state index contributed by atoms with van der Waals surface area (Å²) in [6, 6.07) is 15.8. The van der Waals surface area contributed by atoms with Crippen LogP contribution in [0.25, 0.3) is 11.1 Å². The number of ether oxygens (including phenoxy) is 2. The summed E-state index contributed by atoms with van der Waals surface area (Å²) in [5, 5.41) is 0. The van der Waals surface area contributed by atoms with E-state index in [9.17, 15) is 22.0 Å². The molecule has 3 nitrogen and oxygen atoms in total. The number of rotatable bonds is 4. The zero-order valence-electron chi connectivity index (χ0n) is 16.2. The Morgan fingerprint density at radius 3 is 1.94 bits per heavy atom. The maximum Gasteiger partial charge on any atom is 0.573 e. The highest BCUT2D eigenvalue weighted by Crippen LogP contribution is 2.33. The maximum atomic E-state index is 14.0. The van der Waals surface area contributed by atoms with Gasteiger partial charge in [0.2, 0.25) is 5.90 Å². The van der Waals surface area contributed by atoms with E-state index in [1.807, 2.05) is 0 Å². The number of nitrogens with zero attached hydrogens (tertiary/aromatic N) is 1. The Labute approximate surface area is 174 Å². The highest BCUT2D eigenvalue weighted by atomic mass is 19.4. The van der Waals surface area contributed by atoms with E-state index in [-0.39, 0.29) is 17.2 Å². The molecule has 160 valence electrons. The van der Waals surface area contributed by atoms with E-state index in [0.717, 1.165) is 23.3 Å². The van der Waals surface area contributed by atoms with Crippen LogP contribution in [0, 0.1) is 11.6 Å². The fourth-order valence-electron chi connectivity index (χ4n) is 3.40. The van der Waals surface area contributed by atoms with Crippen molar-refractivity contribution in [1.82, 2.24) is 0 Å². The molecule has 0 fully saturated rings. The van der Waals surface area contributed by atoms with Crippen LogP contribution in [-0.2, 0) is 4.74 Å². The summed E-state index contributed by atoms with van der Waals surface area (Å²) in [6.07, 6.45) is -5.17. The Balaban J connectivity index is 1.55. The molecule has 0 saturated carbocycles. The summed E-state index contributed by atoms with van der Waals surface area (Å²) in [5.74, 6) is -1.88. The van der Waals surface area contributed by atoms with Crippen LogP contribution in [0.15, 0.2) is 71.7 Å². The van der Waals surface area contributed by atoms with Gasteiger partial charge in [0, 0.05) is 0 Å². The average Bonchev–Trinajstić information content (AvgIpc) is 3.08. The molecule has 0 spiro atoms. The molecule has 0 N–H and O–H groups in total. The van der Waals surface area contributed by atoms with Crippen molar-refractivity contribution in [3.8, 4) is 16.9 Å². The zero-order valence-corrected chi connectivity index (χ0v) is 16.2. The topological polar surface area (TPSA) is 30.8 Å². The van der Waals surface area contributed by atoms with E-state index in [1.54, 1.807) is 31.2 Å². The Morgan fingerprint density at radius 2 is 1.39 bits per heavy atom. The summed E-state index contributed by atoms with van der Waals surface area (Å²) in [4.78, 5) is 4.37. The number of alkyl halides is 3. The molecule has 0 unspecified atom stereocenters. The molecule has 0 aromatic heterocycles. The predicted octanol–water partition coefficient (Wildman–Crippen LogP) is 6.44. The van der Waals surface area contributed by atoms with E-state index in [4.69, 9.17) is 4.74 Å². The van der Waals surface area contributed by atoms with Crippen molar-refractivity contribution >= 4 is 5.90 Å². The summed E-state index contributed by atoms with van der Waals surface area (Å²) in [5.41, 5.74) is 1.96.